The molecule has 116 valence electrons. The summed E-state index contributed by atoms with van der Waals surface area (Å²) in [5, 5.41) is 19.4. The summed E-state index contributed by atoms with van der Waals surface area (Å²) in [6, 6.07) is 1.82. The van der Waals surface area contributed by atoms with Crippen LogP contribution in [0.2, 0.25) is 0 Å². The van der Waals surface area contributed by atoms with Gasteiger partial charge in [-0.15, -0.1) is 0 Å². The largest absolute Gasteiger partial charge is 0.506 e. The van der Waals surface area contributed by atoms with Crippen LogP contribution in [0.15, 0.2) is 6.07 Å². The summed E-state index contributed by atoms with van der Waals surface area (Å²) in [6.45, 7) is 9.05. The highest BCUT2D eigenvalue weighted by atomic mass is 16.4. The highest BCUT2D eigenvalue weighted by molar-refractivity contribution is 5.67. The number of nitrogens with two attached hydrogens (primary N) is 1. The number of rotatable bonds is 0. The van der Waals surface area contributed by atoms with Gasteiger partial charge in [-0.3, -0.25) is 0 Å². The zero-order valence-electron chi connectivity index (χ0n) is 13.1. The number of hydrogen-bond donors (Lipinski definition) is 3. The molecule has 2 rings (SSSR count). The number of phenols is 1. The van der Waals surface area contributed by atoms with E-state index in [2.05, 4.69) is 20.8 Å². The van der Waals surface area contributed by atoms with E-state index in [0.717, 1.165) is 16.7 Å². The predicted octanol–water partition coefficient (Wildman–Crippen LogP) is 2.95. The number of anilines is 1. The lowest BCUT2D eigenvalue weighted by Gasteiger charge is -2.34. The molecule has 0 aliphatic carbocycles. The van der Waals surface area contributed by atoms with Crippen molar-refractivity contribution in [2.24, 2.45) is 5.41 Å². The van der Waals surface area contributed by atoms with Crippen LogP contribution < -0.4 is 5.73 Å². The number of fused-ring (bicyclic) bond motifs is 1. The summed E-state index contributed by atoms with van der Waals surface area (Å²) in [7, 11) is 0. The van der Waals surface area contributed by atoms with Crippen molar-refractivity contribution in [2.45, 2.75) is 40.0 Å². The molecule has 5 heteroatoms. The lowest BCUT2D eigenvalue weighted by molar-refractivity contribution is 0.135. The third kappa shape index (κ3) is 2.77. The number of benzene rings is 1. The van der Waals surface area contributed by atoms with Crippen LogP contribution >= 0.6 is 0 Å². The van der Waals surface area contributed by atoms with Crippen molar-refractivity contribution >= 4 is 11.8 Å². The third-order valence-corrected chi connectivity index (χ3v) is 4.47. The molecule has 1 unspecified atom stereocenters. The Morgan fingerprint density at radius 1 is 1.43 bits per heavy atom. The molecule has 1 atom stereocenters. The molecule has 0 radical (unpaired) electrons. The van der Waals surface area contributed by atoms with E-state index in [1.54, 1.807) is 0 Å². The monoisotopic (exact) mass is 292 g/mol. The van der Waals surface area contributed by atoms with E-state index in [1.165, 1.54) is 4.90 Å². The van der Waals surface area contributed by atoms with Gasteiger partial charge in [-0.2, -0.15) is 0 Å². The maximum absolute atomic E-state index is 11.4. The molecule has 0 saturated carbocycles. The summed E-state index contributed by atoms with van der Waals surface area (Å²) >= 11 is 0. The zero-order valence-corrected chi connectivity index (χ0v) is 13.1. The van der Waals surface area contributed by atoms with Gasteiger partial charge in [0.25, 0.3) is 0 Å². The Labute approximate surface area is 125 Å². The van der Waals surface area contributed by atoms with Crippen molar-refractivity contribution in [3.8, 4) is 5.75 Å². The number of hydrogen-bond acceptors (Lipinski definition) is 3. The highest BCUT2D eigenvalue weighted by Gasteiger charge is 2.35. The Hall–Kier alpha value is -1.91. The van der Waals surface area contributed by atoms with Crippen molar-refractivity contribution < 1.29 is 15.0 Å². The van der Waals surface area contributed by atoms with Crippen LogP contribution in [0.5, 0.6) is 5.75 Å². The summed E-state index contributed by atoms with van der Waals surface area (Å²) in [5.74, 6) is 0.165. The van der Waals surface area contributed by atoms with Gasteiger partial charge in [0.05, 0.1) is 5.69 Å². The van der Waals surface area contributed by atoms with Crippen molar-refractivity contribution in [2.75, 3.05) is 18.8 Å². The third-order valence-electron chi connectivity index (χ3n) is 4.47. The van der Waals surface area contributed by atoms with Crippen LogP contribution in [0.4, 0.5) is 10.5 Å². The van der Waals surface area contributed by atoms with Crippen LogP contribution in [0.3, 0.4) is 0 Å². The number of nitrogen functional groups attached to an aromatic ring is 1. The number of nitrogens with zero attached hydrogens (tertiary/aromatic N) is 1. The topological polar surface area (TPSA) is 86.8 Å². The number of carbonyl (C=O) groups is 1. The Bertz CT molecular complexity index is 576. The van der Waals surface area contributed by atoms with E-state index < -0.39 is 6.09 Å². The van der Waals surface area contributed by atoms with Gasteiger partial charge >= 0.3 is 6.09 Å². The lowest BCUT2D eigenvalue weighted by Crippen LogP contribution is -2.36. The van der Waals surface area contributed by atoms with Gasteiger partial charge in [0, 0.05) is 19.0 Å². The minimum Gasteiger partial charge on any atom is -0.506 e. The molecule has 1 amide bonds. The molecular weight excluding hydrogens is 268 g/mol. The van der Waals surface area contributed by atoms with Gasteiger partial charge in [-0.1, -0.05) is 20.8 Å². The van der Waals surface area contributed by atoms with Crippen molar-refractivity contribution in [3.63, 3.8) is 0 Å². The van der Waals surface area contributed by atoms with Crippen molar-refractivity contribution in [3.05, 3.63) is 22.8 Å². The van der Waals surface area contributed by atoms with Crippen LogP contribution in [0, 0.1) is 12.3 Å². The van der Waals surface area contributed by atoms with Gasteiger partial charge < -0.3 is 20.8 Å². The molecule has 4 N–H and O–H groups in total. The smallest absolute Gasteiger partial charge is 0.407 e. The SMILES string of the molecule is Cc1c(O)c(N)cc2c1CCN(C(=O)O)CC2C(C)(C)C. The second kappa shape index (κ2) is 5.13. The summed E-state index contributed by atoms with van der Waals surface area (Å²) in [6.07, 6.45) is -0.291. The fourth-order valence-corrected chi connectivity index (χ4v) is 3.11. The van der Waals surface area contributed by atoms with Gasteiger partial charge in [-0.25, -0.2) is 4.79 Å². The normalized spacial score (nSPS) is 19.0. The number of carboxylic acid groups (broad SMARTS) is 1. The molecule has 5 nitrogen and oxygen atoms in total. The Balaban J connectivity index is 2.61. The van der Waals surface area contributed by atoms with Crippen LogP contribution in [-0.2, 0) is 6.42 Å². The number of aromatic hydroxyl groups is 1. The minimum absolute atomic E-state index is 0.0488. The first kappa shape index (κ1) is 15.5. The average molecular weight is 292 g/mol. The van der Waals surface area contributed by atoms with Crippen LogP contribution in [-0.4, -0.2) is 34.3 Å². The zero-order chi connectivity index (χ0) is 15.9. The first-order chi connectivity index (χ1) is 9.62. The van der Waals surface area contributed by atoms with Gasteiger partial charge in [0.15, 0.2) is 0 Å². The first-order valence-corrected chi connectivity index (χ1v) is 7.21. The lowest BCUT2D eigenvalue weighted by atomic mass is 9.74. The highest BCUT2D eigenvalue weighted by Crippen LogP contribution is 2.43. The summed E-state index contributed by atoms with van der Waals surface area (Å²) in [4.78, 5) is 12.9. The Morgan fingerprint density at radius 3 is 2.57 bits per heavy atom. The van der Waals surface area contributed by atoms with Crippen molar-refractivity contribution in [1.82, 2.24) is 4.90 Å². The van der Waals surface area contributed by atoms with Gasteiger partial charge in [0.2, 0.25) is 0 Å². The summed E-state index contributed by atoms with van der Waals surface area (Å²) in [5.41, 5.74) is 9.06. The standard InChI is InChI=1S/C16H24N2O3/c1-9-10-5-6-18(15(20)21)8-12(16(2,3)4)11(10)7-13(17)14(9)19/h7,12,19H,5-6,8,17H2,1-4H3,(H,20,21). The predicted molar refractivity (Wildman–Crippen MR) is 82.8 cm³/mol. The molecule has 1 aliphatic heterocycles. The maximum atomic E-state index is 11.4. The van der Waals surface area contributed by atoms with Crippen molar-refractivity contribution in [1.29, 1.82) is 0 Å². The Kier molecular flexibility index (Phi) is 3.78. The molecular formula is C16H24N2O3. The van der Waals surface area contributed by atoms with Gasteiger partial charge in [-0.05, 0) is 41.5 Å². The molecule has 1 heterocycles. The van der Waals surface area contributed by atoms with E-state index >= 15 is 0 Å². The van der Waals surface area contributed by atoms with E-state index in [9.17, 15) is 15.0 Å². The number of phenolic OH excluding ortho intramolecular Hbond substituents is 1. The molecule has 0 bridgehead atoms. The molecule has 1 aliphatic rings. The summed E-state index contributed by atoms with van der Waals surface area (Å²) < 4.78 is 0. The fraction of sp³-hybridized carbons (Fsp3) is 0.562. The molecule has 1 aromatic carbocycles. The minimum atomic E-state index is -0.896. The molecule has 0 aromatic heterocycles. The van der Waals surface area contributed by atoms with Crippen LogP contribution in [0.1, 0.15) is 43.4 Å². The maximum Gasteiger partial charge on any atom is 0.407 e. The molecule has 0 fully saturated rings. The van der Waals surface area contributed by atoms with Crippen LogP contribution in [0.25, 0.3) is 0 Å². The van der Waals surface area contributed by atoms with Gasteiger partial charge in [0.1, 0.15) is 5.75 Å². The first-order valence-electron chi connectivity index (χ1n) is 7.21. The second-order valence-corrected chi connectivity index (χ2v) is 6.90. The average Bonchev–Trinajstić information content (AvgIpc) is 2.55. The van der Waals surface area contributed by atoms with E-state index in [4.69, 9.17) is 5.73 Å². The molecule has 0 spiro atoms. The van der Waals surface area contributed by atoms with E-state index in [1.807, 2.05) is 13.0 Å². The molecule has 21 heavy (non-hydrogen) atoms. The quantitative estimate of drug-likeness (QED) is 0.507. The Morgan fingerprint density at radius 2 is 2.05 bits per heavy atom. The van der Waals surface area contributed by atoms with E-state index in [-0.39, 0.29) is 17.1 Å². The molecule has 0 saturated heterocycles. The number of amides is 1. The second-order valence-electron chi connectivity index (χ2n) is 6.90. The fourth-order valence-electron chi connectivity index (χ4n) is 3.11. The molecule has 1 aromatic rings. The van der Waals surface area contributed by atoms with E-state index in [0.29, 0.717) is 25.2 Å².